The van der Waals surface area contributed by atoms with Crippen molar-refractivity contribution in [3.63, 3.8) is 0 Å². The smallest absolute Gasteiger partial charge is 0.185 e. The topological polar surface area (TPSA) is 37.4 Å². The Bertz CT molecular complexity index is 405. The highest BCUT2D eigenvalue weighted by Crippen LogP contribution is 2.31. The van der Waals surface area contributed by atoms with E-state index in [1.807, 2.05) is 18.4 Å². The van der Waals surface area contributed by atoms with Crippen LogP contribution in [0.3, 0.4) is 0 Å². The highest BCUT2D eigenvalue weighted by atomic mass is 32.1. The van der Waals surface area contributed by atoms with E-state index in [0.717, 1.165) is 37.8 Å². The van der Waals surface area contributed by atoms with E-state index in [0.29, 0.717) is 12.0 Å². The summed E-state index contributed by atoms with van der Waals surface area (Å²) in [4.78, 5) is 8.63. The molecule has 1 fully saturated rings. The second-order valence-electron chi connectivity index (χ2n) is 5.47. The molecule has 0 aliphatic carbocycles. The molecule has 2 heterocycles. The molecule has 5 heteroatoms. The Morgan fingerprint density at radius 3 is 3.00 bits per heavy atom. The van der Waals surface area contributed by atoms with Crippen LogP contribution in [0.4, 0.5) is 5.13 Å². The second-order valence-corrected chi connectivity index (χ2v) is 6.53. The van der Waals surface area contributed by atoms with E-state index in [2.05, 4.69) is 31.0 Å². The second kappa shape index (κ2) is 6.68. The predicted octanol–water partition coefficient (Wildman–Crippen LogP) is 2.60. The van der Waals surface area contributed by atoms with Crippen molar-refractivity contribution in [2.75, 3.05) is 31.6 Å². The number of anilines is 1. The number of rotatable bonds is 4. The molecule has 0 saturated carbocycles. The molecular formula is C14H25N3OS. The van der Waals surface area contributed by atoms with Crippen LogP contribution in [-0.4, -0.2) is 37.8 Å². The number of hydrogen-bond acceptors (Lipinski definition) is 5. The molecule has 1 aliphatic rings. The van der Waals surface area contributed by atoms with Gasteiger partial charge >= 0.3 is 0 Å². The molecule has 108 valence electrons. The van der Waals surface area contributed by atoms with Crippen molar-refractivity contribution in [3.05, 3.63) is 10.6 Å². The summed E-state index contributed by atoms with van der Waals surface area (Å²) in [5.41, 5.74) is 1.24. The van der Waals surface area contributed by atoms with Crippen LogP contribution < -0.4 is 10.2 Å². The van der Waals surface area contributed by atoms with Crippen LogP contribution in [0.25, 0.3) is 0 Å². The van der Waals surface area contributed by atoms with Gasteiger partial charge in [0, 0.05) is 31.1 Å². The zero-order chi connectivity index (χ0) is 13.8. The van der Waals surface area contributed by atoms with Gasteiger partial charge in [-0.1, -0.05) is 13.8 Å². The van der Waals surface area contributed by atoms with Gasteiger partial charge in [0.2, 0.25) is 0 Å². The average Bonchev–Trinajstić information content (AvgIpc) is 2.66. The van der Waals surface area contributed by atoms with Crippen LogP contribution in [-0.2, 0) is 11.3 Å². The summed E-state index contributed by atoms with van der Waals surface area (Å²) in [6.45, 7) is 10.3. The first-order valence-electron chi connectivity index (χ1n) is 7.12. The zero-order valence-corrected chi connectivity index (χ0v) is 13.2. The Morgan fingerprint density at radius 1 is 1.53 bits per heavy atom. The predicted molar refractivity (Wildman–Crippen MR) is 81.2 cm³/mol. The largest absolute Gasteiger partial charge is 0.377 e. The molecule has 4 nitrogen and oxygen atoms in total. The number of ether oxygens (including phenoxy) is 1. The maximum Gasteiger partial charge on any atom is 0.185 e. The van der Waals surface area contributed by atoms with Gasteiger partial charge in [-0.3, -0.25) is 0 Å². The first-order valence-corrected chi connectivity index (χ1v) is 7.94. The molecule has 19 heavy (non-hydrogen) atoms. The number of aromatic nitrogens is 1. The quantitative estimate of drug-likeness (QED) is 0.921. The van der Waals surface area contributed by atoms with Gasteiger partial charge in [0.15, 0.2) is 5.13 Å². The van der Waals surface area contributed by atoms with Crippen molar-refractivity contribution in [2.24, 2.45) is 0 Å². The molecular weight excluding hydrogens is 258 g/mol. The van der Waals surface area contributed by atoms with Crippen LogP contribution in [0, 0.1) is 0 Å². The minimum atomic E-state index is 0.293. The molecule has 0 bridgehead atoms. The van der Waals surface area contributed by atoms with Gasteiger partial charge in [0.25, 0.3) is 0 Å². The number of hydrogen-bond donors (Lipinski definition) is 1. The summed E-state index contributed by atoms with van der Waals surface area (Å²) >= 11 is 1.83. The van der Waals surface area contributed by atoms with E-state index in [9.17, 15) is 0 Å². The van der Waals surface area contributed by atoms with E-state index < -0.39 is 0 Å². The lowest BCUT2D eigenvalue weighted by molar-refractivity contribution is 0.0821. The zero-order valence-electron chi connectivity index (χ0n) is 12.4. The van der Waals surface area contributed by atoms with E-state index in [1.54, 1.807) is 0 Å². The van der Waals surface area contributed by atoms with Crippen molar-refractivity contribution in [2.45, 2.75) is 45.8 Å². The third-order valence-corrected chi connectivity index (χ3v) is 4.46. The minimum Gasteiger partial charge on any atom is -0.377 e. The third-order valence-electron chi connectivity index (χ3n) is 3.32. The maximum absolute atomic E-state index is 5.71. The standard InChI is InChI=1S/C14H25N3OS/c1-10(2)13-12(8-15-4)19-14(16-13)17-6-5-7-18-11(3)9-17/h10-11,15H,5-9H2,1-4H3. The van der Waals surface area contributed by atoms with E-state index in [4.69, 9.17) is 9.72 Å². The van der Waals surface area contributed by atoms with Crippen LogP contribution in [0.5, 0.6) is 0 Å². The van der Waals surface area contributed by atoms with Crippen molar-refractivity contribution in [1.82, 2.24) is 10.3 Å². The molecule has 0 spiro atoms. The molecule has 1 saturated heterocycles. The first kappa shape index (κ1) is 14.8. The number of thiazole rings is 1. The lowest BCUT2D eigenvalue weighted by Gasteiger charge is -2.21. The Balaban J connectivity index is 2.21. The molecule has 0 amide bonds. The van der Waals surface area contributed by atoms with Gasteiger partial charge in [0.05, 0.1) is 11.8 Å². The van der Waals surface area contributed by atoms with Gasteiger partial charge in [0.1, 0.15) is 0 Å². The fourth-order valence-corrected chi connectivity index (χ4v) is 3.65. The van der Waals surface area contributed by atoms with Crippen LogP contribution >= 0.6 is 11.3 Å². The fourth-order valence-electron chi connectivity index (χ4n) is 2.39. The van der Waals surface area contributed by atoms with E-state index in [1.165, 1.54) is 10.6 Å². The number of nitrogens with zero attached hydrogens (tertiary/aromatic N) is 2. The first-order chi connectivity index (χ1) is 9.11. The average molecular weight is 283 g/mol. The third kappa shape index (κ3) is 3.68. The van der Waals surface area contributed by atoms with Gasteiger partial charge in [-0.2, -0.15) is 0 Å². The molecule has 1 aromatic rings. The van der Waals surface area contributed by atoms with Gasteiger partial charge < -0.3 is 15.0 Å². The summed E-state index contributed by atoms with van der Waals surface area (Å²) in [6, 6.07) is 0. The van der Waals surface area contributed by atoms with Gasteiger partial charge in [-0.25, -0.2) is 4.98 Å². The van der Waals surface area contributed by atoms with Crippen molar-refractivity contribution in [1.29, 1.82) is 0 Å². The summed E-state index contributed by atoms with van der Waals surface area (Å²) in [5.74, 6) is 0.481. The SMILES string of the molecule is CNCc1sc(N2CCCOC(C)C2)nc1C(C)C. The normalized spacial score (nSPS) is 20.9. The summed E-state index contributed by atoms with van der Waals surface area (Å²) < 4.78 is 5.71. The Hall–Kier alpha value is -0.650. The monoisotopic (exact) mass is 283 g/mol. The van der Waals surface area contributed by atoms with Crippen LogP contribution in [0.15, 0.2) is 0 Å². The van der Waals surface area contributed by atoms with E-state index >= 15 is 0 Å². The molecule has 1 unspecified atom stereocenters. The van der Waals surface area contributed by atoms with Crippen molar-refractivity contribution >= 4 is 16.5 Å². The molecule has 1 N–H and O–H groups in total. The Labute approximate surface area is 120 Å². The molecule has 1 aliphatic heterocycles. The number of nitrogens with one attached hydrogen (secondary N) is 1. The molecule has 2 rings (SSSR count). The fraction of sp³-hybridized carbons (Fsp3) is 0.786. The minimum absolute atomic E-state index is 0.293. The molecule has 1 atom stereocenters. The van der Waals surface area contributed by atoms with Gasteiger partial charge in [-0.15, -0.1) is 11.3 Å². The Morgan fingerprint density at radius 2 is 2.32 bits per heavy atom. The van der Waals surface area contributed by atoms with Crippen molar-refractivity contribution < 1.29 is 4.74 Å². The molecule has 1 aromatic heterocycles. The van der Waals surface area contributed by atoms with Gasteiger partial charge in [-0.05, 0) is 26.3 Å². The van der Waals surface area contributed by atoms with E-state index in [-0.39, 0.29) is 0 Å². The van der Waals surface area contributed by atoms with Crippen LogP contribution in [0.1, 0.15) is 43.7 Å². The van der Waals surface area contributed by atoms with Crippen molar-refractivity contribution in [3.8, 4) is 0 Å². The highest BCUT2D eigenvalue weighted by Gasteiger charge is 2.21. The summed E-state index contributed by atoms with van der Waals surface area (Å²) in [7, 11) is 1.99. The lowest BCUT2D eigenvalue weighted by Crippen LogP contribution is -2.29. The molecule has 0 radical (unpaired) electrons. The Kier molecular flexibility index (Phi) is 5.19. The van der Waals surface area contributed by atoms with Crippen LogP contribution in [0.2, 0.25) is 0 Å². The summed E-state index contributed by atoms with van der Waals surface area (Å²) in [6.07, 6.45) is 1.38. The maximum atomic E-state index is 5.71. The molecule has 0 aromatic carbocycles. The summed E-state index contributed by atoms with van der Waals surface area (Å²) in [5, 5.41) is 4.40. The highest BCUT2D eigenvalue weighted by molar-refractivity contribution is 7.15. The lowest BCUT2D eigenvalue weighted by atomic mass is 10.1.